The van der Waals surface area contributed by atoms with Crippen LogP contribution < -0.4 is 5.32 Å². The molecule has 126 valence electrons. The molecule has 0 aliphatic heterocycles. The molecule has 2 heterocycles. The van der Waals surface area contributed by atoms with Crippen LogP contribution in [0, 0.1) is 13.8 Å². The van der Waals surface area contributed by atoms with Gasteiger partial charge in [-0.05, 0) is 44.9 Å². The van der Waals surface area contributed by atoms with Crippen molar-refractivity contribution in [1.29, 1.82) is 0 Å². The molecular weight excluding hydrogens is 308 g/mol. The second kappa shape index (κ2) is 6.07. The molecule has 0 unspecified atom stereocenters. The molecule has 3 rings (SSSR count). The first-order valence-electron chi connectivity index (χ1n) is 7.97. The first kappa shape index (κ1) is 16.2. The minimum atomic E-state index is -1.15. The van der Waals surface area contributed by atoms with E-state index in [1.807, 2.05) is 19.9 Å². The van der Waals surface area contributed by atoms with Gasteiger partial charge in [-0.2, -0.15) is 5.10 Å². The summed E-state index contributed by atoms with van der Waals surface area (Å²) in [5.41, 5.74) is 1.03. The number of carbonyl (C=O) groups excluding carboxylic acids is 1. The van der Waals surface area contributed by atoms with Crippen LogP contribution in [0.15, 0.2) is 24.4 Å². The van der Waals surface area contributed by atoms with Gasteiger partial charge in [0.25, 0.3) is 5.91 Å². The second-order valence-electron chi connectivity index (χ2n) is 6.29. The standard InChI is InChI=1S/C17H20N4O3/c1-11-9-12(2)21(20-11)14-6-5-13(10-18-14)15(22)19-17(16(23)24)7-3-4-8-17/h5-6,9-10H,3-4,7-8H2,1-2H3,(H,19,22)(H,23,24). The van der Waals surface area contributed by atoms with Crippen molar-refractivity contribution in [1.82, 2.24) is 20.1 Å². The lowest BCUT2D eigenvalue weighted by molar-refractivity contribution is -0.144. The Labute approximate surface area is 139 Å². The fraction of sp³-hybridized carbons (Fsp3) is 0.412. The Morgan fingerprint density at radius 2 is 1.96 bits per heavy atom. The second-order valence-corrected chi connectivity index (χ2v) is 6.29. The van der Waals surface area contributed by atoms with Gasteiger partial charge in [-0.25, -0.2) is 14.5 Å². The summed E-state index contributed by atoms with van der Waals surface area (Å²) in [5.74, 6) is -0.766. The number of hydrogen-bond donors (Lipinski definition) is 2. The maximum Gasteiger partial charge on any atom is 0.329 e. The minimum absolute atomic E-state index is 0.341. The number of rotatable bonds is 4. The van der Waals surface area contributed by atoms with Gasteiger partial charge in [-0.1, -0.05) is 12.8 Å². The number of pyridine rings is 1. The number of aryl methyl sites for hydroxylation is 2. The molecular formula is C17H20N4O3. The lowest BCUT2D eigenvalue weighted by Crippen LogP contribution is -2.52. The summed E-state index contributed by atoms with van der Waals surface area (Å²) in [4.78, 5) is 28.2. The van der Waals surface area contributed by atoms with Crippen LogP contribution in [0.3, 0.4) is 0 Å². The Morgan fingerprint density at radius 1 is 1.25 bits per heavy atom. The first-order valence-corrected chi connectivity index (χ1v) is 7.97. The van der Waals surface area contributed by atoms with E-state index in [2.05, 4.69) is 15.4 Å². The van der Waals surface area contributed by atoms with Crippen LogP contribution in [-0.4, -0.2) is 37.3 Å². The molecule has 0 spiro atoms. The van der Waals surface area contributed by atoms with Crippen LogP contribution in [0.4, 0.5) is 0 Å². The maximum absolute atomic E-state index is 12.4. The molecule has 2 aromatic rings. The summed E-state index contributed by atoms with van der Waals surface area (Å²) in [5, 5.41) is 16.5. The fourth-order valence-electron chi connectivity index (χ4n) is 3.17. The summed E-state index contributed by atoms with van der Waals surface area (Å²) in [6.07, 6.45) is 3.99. The van der Waals surface area contributed by atoms with Crippen molar-refractivity contribution in [3.63, 3.8) is 0 Å². The molecule has 7 heteroatoms. The zero-order valence-electron chi connectivity index (χ0n) is 13.7. The highest BCUT2D eigenvalue weighted by atomic mass is 16.4. The van der Waals surface area contributed by atoms with Gasteiger partial charge < -0.3 is 10.4 Å². The highest BCUT2D eigenvalue weighted by Gasteiger charge is 2.42. The third kappa shape index (κ3) is 2.89. The van der Waals surface area contributed by atoms with E-state index in [0.717, 1.165) is 24.2 Å². The van der Waals surface area contributed by atoms with Crippen molar-refractivity contribution in [2.75, 3.05) is 0 Å². The number of carbonyl (C=O) groups is 2. The summed E-state index contributed by atoms with van der Waals surface area (Å²) in [6, 6.07) is 5.29. The molecule has 0 saturated heterocycles. The van der Waals surface area contributed by atoms with Gasteiger partial charge in [0.1, 0.15) is 5.54 Å². The third-order valence-corrected chi connectivity index (χ3v) is 4.46. The zero-order chi connectivity index (χ0) is 17.3. The van der Waals surface area contributed by atoms with Crippen LogP contribution in [0.25, 0.3) is 5.82 Å². The molecule has 1 fully saturated rings. The number of carboxylic acids is 1. The SMILES string of the molecule is Cc1cc(C)n(-c2ccc(C(=O)NC3(C(=O)O)CCCC3)cn2)n1. The van der Waals surface area contributed by atoms with Gasteiger partial charge in [0.2, 0.25) is 0 Å². The highest BCUT2D eigenvalue weighted by molar-refractivity contribution is 5.97. The predicted octanol–water partition coefficient (Wildman–Crippen LogP) is 2.01. The van der Waals surface area contributed by atoms with Gasteiger partial charge in [0, 0.05) is 11.9 Å². The van der Waals surface area contributed by atoms with E-state index >= 15 is 0 Å². The summed E-state index contributed by atoms with van der Waals surface area (Å²) in [7, 11) is 0. The lowest BCUT2D eigenvalue weighted by Gasteiger charge is -2.25. The lowest BCUT2D eigenvalue weighted by atomic mass is 9.97. The van der Waals surface area contributed by atoms with E-state index in [1.54, 1.807) is 16.8 Å². The number of nitrogens with one attached hydrogen (secondary N) is 1. The van der Waals surface area contributed by atoms with E-state index in [9.17, 15) is 14.7 Å². The molecule has 0 bridgehead atoms. The van der Waals surface area contributed by atoms with Crippen molar-refractivity contribution in [3.8, 4) is 5.82 Å². The molecule has 0 aromatic carbocycles. The van der Waals surface area contributed by atoms with Gasteiger partial charge in [-0.15, -0.1) is 0 Å². The van der Waals surface area contributed by atoms with Crippen LogP contribution >= 0.6 is 0 Å². The number of aliphatic carboxylic acids is 1. The zero-order valence-corrected chi connectivity index (χ0v) is 13.7. The predicted molar refractivity (Wildman–Crippen MR) is 87.1 cm³/mol. The Kier molecular flexibility index (Phi) is 4.09. The largest absolute Gasteiger partial charge is 0.480 e. The van der Waals surface area contributed by atoms with Crippen molar-refractivity contribution in [2.24, 2.45) is 0 Å². The average Bonchev–Trinajstić information content (AvgIpc) is 3.15. The fourth-order valence-corrected chi connectivity index (χ4v) is 3.17. The molecule has 2 N–H and O–H groups in total. The highest BCUT2D eigenvalue weighted by Crippen LogP contribution is 2.30. The molecule has 1 aliphatic rings. The Morgan fingerprint density at radius 3 is 2.46 bits per heavy atom. The van der Waals surface area contributed by atoms with E-state index < -0.39 is 17.4 Å². The van der Waals surface area contributed by atoms with Crippen molar-refractivity contribution in [3.05, 3.63) is 41.3 Å². The van der Waals surface area contributed by atoms with Crippen LogP contribution in [0.5, 0.6) is 0 Å². The van der Waals surface area contributed by atoms with E-state index in [4.69, 9.17) is 0 Å². The number of amides is 1. The topological polar surface area (TPSA) is 97.1 Å². The molecule has 7 nitrogen and oxygen atoms in total. The molecule has 2 aromatic heterocycles. The van der Waals surface area contributed by atoms with E-state index in [0.29, 0.717) is 24.2 Å². The number of hydrogen-bond acceptors (Lipinski definition) is 4. The third-order valence-electron chi connectivity index (χ3n) is 4.46. The Balaban J connectivity index is 1.79. The van der Waals surface area contributed by atoms with Crippen LogP contribution in [0.1, 0.15) is 47.4 Å². The quantitative estimate of drug-likeness (QED) is 0.895. The number of aromatic nitrogens is 3. The average molecular weight is 328 g/mol. The monoisotopic (exact) mass is 328 g/mol. The molecule has 1 saturated carbocycles. The minimum Gasteiger partial charge on any atom is -0.480 e. The van der Waals surface area contributed by atoms with Gasteiger partial charge in [0.05, 0.1) is 11.3 Å². The van der Waals surface area contributed by atoms with Gasteiger partial charge >= 0.3 is 5.97 Å². The molecule has 0 atom stereocenters. The van der Waals surface area contributed by atoms with Gasteiger partial charge in [0.15, 0.2) is 5.82 Å². The smallest absolute Gasteiger partial charge is 0.329 e. The van der Waals surface area contributed by atoms with Crippen molar-refractivity contribution >= 4 is 11.9 Å². The number of nitrogens with zero attached hydrogens (tertiary/aromatic N) is 3. The van der Waals surface area contributed by atoms with Crippen LogP contribution in [0.2, 0.25) is 0 Å². The normalized spacial score (nSPS) is 16.1. The summed E-state index contributed by atoms with van der Waals surface area (Å²) in [6.45, 7) is 3.83. The van der Waals surface area contributed by atoms with E-state index in [-0.39, 0.29) is 0 Å². The molecule has 1 aliphatic carbocycles. The Bertz CT molecular complexity index is 774. The molecule has 0 radical (unpaired) electrons. The first-order chi connectivity index (χ1) is 11.4. The van der Waals surface area contributed by atoms with Gasteiger partial charge in [-0.3, -0.25) is 4.79 Å². The number of carboxylic acid groups (broad SMARTS) is 1. The van der Waals surface area contributed by atoms with Crippen molar-refractivity contribution < 1.29 is 14.7 Å². The van der Waals surface area contributed by atoms with E-state index in [1.165, 1.54) is 6.20 Å². The van der Waals surface area contributed by atoms with Crippen LogP contribution in [-0.2, 0) is 4.79 Å². The Hall–Kier alpha value is -2.70. The molecule has 24 heavy (non-hydrogen) atoms. The molecule has 1 amide bonds. The summed E-state index contributed by atoms with van der Waals surface area (Å²) < 4.78 is 1.70. The maximum atomic E-state index is 12.4. The van der Waals surface area contributed by atoms with Crippen molar-refractivity contribution in [2.45, 2.75) is 45.1 Å². The summed E-state index contributed by atoms with van der Waals surface area (Å²) >= 11 is 0.